The van der Waals surface area contributed by atoms with Crippen LogP contribution in [0.25, 0.3) is 11.2 Å². The van der Waals surface area contributed by atoms with Gasteiger partial charge in [-0.1, -0.05) is 0 Å². The first kappa shape index (κ1) is 13.5. The lowest BCUT2D eigenvalue weighted by atomic mass is 10.3. The molecule has 0 aliphatic carbocycles. The van der Waals surface area contributed by atoms with Crippen molar-refractivity contribution in [3.05, 3.63) is 21.5 Å². The van der Waals surface area contributed by atoms with Crippen LogP contribution in [0.5, 0.6) is 0 Å². The van der Waals surface area contributed by atoms with Crippen LogP contribution >= 0.6 is 12.2 Å². The standard InChI is InChI=1S/C11H14N4O3S/c1-2-18-7(16)4-3-5-15-9-8(12-6-13-9)10(17)14-11(15)19/h6H,2-5H2,1H3,(H,12,13)(H,14,17,19). The van der Waals surface area contributed by atoms with Crippen molar-refractivity contribution < 1.29 is 9.53 Å². The van der Waals surface area contributed by atoms with Gasteiger partial charge in [0.25, 0.3) is 5.56 Å². The van der Waals surface area contributed by atoms with Crippen LogP contribution in [0.4, 0.5) is 0 Å². The maximum absolute atomic E-state index is 11.6. The minimum Gasteiger partial charge on any atom is -0.466 e. The SMILES string of the molecule is CCOC(=O)CCCn1c(=S)[nH]c(=O)c2[nH]cnc21. The lowest BCUT2D eigenvalue weighted by Gasteiger charge is -2.07. The Morgan fingerprint density at radius 3 is 3.11 bits per heavy atom. The molecule has 2 rings (SSSR count). The zero-order chi connectivity index (χ0) is 13.8. The third kappa shape index (κ3) is 2.90. The van der Waals surface area contributed by atoms with Gasteiger partial charge in [-0.15, -0.1) is 0 Å². The molecule has 0 saturated carbocycles. The van der Waals surface area contributed by atoms with Crippen molar-refractivity contribution in [2.45, 2.75) is 26.3 Å². The van der Waals surface area contributed by atoms with Gasteiger partial charge in [0, 0.05) is 13.0 Å². The van der Waals surface area contributed by atoms with E-state index in [1.807, 2.05) is 0 Å². The number of H-pyrrole nitrogens is 2. The average Bonchev–Trinajstić information content (AvgIpc) is 2.83. The normalized spacial score (nSPS) is 10.8. The summed E-state index contributed by atoms with van der Waals surface area (Å²) in [5.41, 5.74) is 0.585. The summed E-state index contributed by atoms with van der Waals surface area (Å²) in [4.78, 5) is 32.3. The van der Waals surface area contributed by atoms with Gasteiger partial charge in [-0.05, 0) is 25.6 Å². The van der Waals surface area contributed by atoms with Crippen molar-refractivity contribution >= 4 is 29.4 Å². The van der Waals surface area contributed by atoms with Gasteiger partial charge in [-0.2, -0.15) is 0 Å². The Kier molecular flexibility index (Phi) is 4.10. The molecule has 0 aliphatic rings. The van der Waals surface area contributed by atoms with Crippen LogP contribution < -0.4 is 5.56 Å². The van der Waals surface area contributed by atoms with E-state index in [9.17, 15) is 9.59 Å². The third-order valence-electron chi connectivity index (χ3n) is 2.64. The van der Waals surface area contributed by atoms with Crippen LogP contribution in [0.1, 0.15) is 19.8 Å². The molecule has 0 bridgehead atoms. The average molecular weight is 282 g/mol. The number of carbonyl (C=O) groups excluding carboxylic acids is 1. The number of aryl methyl sites for hydroxylation is 1. The molecule has 2 aromatic rings. The maximum Gasteiger partial charge on any atom is 0.305 e. The highest BCUT2D eigenvalue weighted by molar-refractivity contribution is 7.71. The first-order valence-corrected chi connectivity index (χ1v) is 6.36. The fourth-order valence-corrected chi connectivity index (χ4v) is 2.07. The van der Waals surface area contributed by atoms with E-state index in [4.69, 9.17) is 17.0 Å². The zero-order valence-corrected chi connectivity index (χ0v) is 11.2. The van der Waals surface area contributed by atoms with Crippen molar-refractivity contribution in [3.8, 4) is 0 Å². The van der Waals surface area contributed by atoms with Crippen LogP contribution in [-0.2, 0) is 16.1 Å². The van der Waals surface area contributed by atoms with Crippen LogP contribution in [0, 0.1) is 4.77 Å². The van der Waals surface area contributed by atoms with E-state index in [1.54, 1.807) is 11.5 Å². The first-order valence-electron chi connectivity index (χ1n) is 5.95. The number of ether oxygens (including phenoxy) is 1. The first-order chi connectivity index (χ1) is 9.13. The van der Waals surface area contributed by atoms with E-state index in [-0.39, 0.29) is 11.5 Å². The van der Waals surface area contributed by atoms with E-state index in [0.29, 0.717) is 41.9 Å². The highest BCUT2D eigenvalue weighted by Crippen LogP contribution is 2.06. The van der Waals surface area contributed by atoms with Crippen molar-refractivity contribution in [2.75, 3.05) is 6.61 Å². The summed E-state index contributed by atoms with van der Waals surface area (Å²) in [5.74, 6) is -0.239. The largest absolute Gasteiger partial charge is 0.466 e. The van der Waals surface area contributed by atoms with Gasteiger partial charge in [0.15, 0.2) is 10.4 Å². The number of fused-ring (bicyclic) bond motifs is 1. The number of carbonyl (C=O) groups is 1. The molecular weight excluding hydrogens is 268 g/mol. The van der Waals surface area contributed by atoms with Gasteiger partial charge in [-0.25, -0.2) is 4.98 Å². The summed E-state index contributed by atoms with van der Waals surface area (Å²) in [5, 5.41) is 0. The predicted molar refractivity (Wildman–Crippen MR) is 71.4 cm³/mol. The smallest absolute Gasteiger partial charge is 0.305 e. The molecule has 19 heavy (non-hydrogen) atoms. The molecular formula is C11H14N4O3S. The Labute approximate surface area is 113 Å². The van der Waals surface area contributed by atoms with E-state index in [2.05, 4.69) is 15.0 Å². The molecule has 0 radical (unpaired) electrons. The summed E-state index contributed by atoms with van der Waals surface area (Å²) < 4.78 is 6.84. The summed E-state index contributed by atoms with van der Waals surface area (Å²) in [6, 6.07) is 0. The van der Waals surface area contributed by atoms with Gasteiger partial charge in [0.2, 0.25) is 0 Å². The molecule has 7 nitrogen and oxygen atoms in total. The quantitative estimate of drug-likeness (QED) is 0.633. The number of aromatic nitrogens is 4. The minimum absolute atomic E-state index is 0.239. The fourth-order valence-electron chi connectivity index (χ4n) is 1.80. The molecule has 2 heterocycles. The second-order valence-electron chi connectivity index (χ2n) is 3.92. The Bertz CT molecular complexity index is 700. The highest BCUT2D eigenvalue weighted by atomic mass is 32.1. The van der Waals surface area contributed by atoms with E-state index >= 15 is 0 Å². The molecule has 0 unspecified atom stereocenters. The summed E-state index contributed by atoms with van der Waals surface area (Å²) >= 11 is 5.10. The molecule has 0 amide bonds. The fraction of sp³-hybridized carbons (Fsp3) is 0.455. The number of imidazole rings is 1. The zero-order valence-electron chi connectivity index (χ0n) is 10.4. The second kappa shape index (κ2) is 5.79. The number of rotatable bonds is 5. The second-order valence-corrected chi connectivity index (χ2v) is 4.31. The van der Waals surface area contributed by atoms with Crippen LogP contribution in [-0.4, -0.2) is 32.1 Å². The molecule has 0 aromatic carbocycles. The molecule has 8 heteroatoms. The Morgan fingerprint density at radius 1 is 1.58 bits per heavy atom. The molecule has 2 N–H and O–H groups in total. The topological polar surface area (TPSA) is 92.8 Å². The van der Waals surface area contributed by atoms with Crippen molar-refractivity contribution in [2.24, 2.45) is 0 Å². The Morgan fingerprint density at radius 2 is 2.37 bits per heavy atom. The van der Waals surface area contributed by atoms with Crippen molar-refractivity contribution in [1.29, 1.82) is 0 Å². The van der Waals surface area contributed by atoms with Gasteiger partial charge in [-0.3, -0.25) is 14.6 Å². The van der Waals surface area contributed by atoms with Crippen molar-refractivity contribution in [3.63, 3.8) is 0 Å². The summed E-state index contributed by atoms with van der Waals surface area (Å²) in [7, 11) is 0. The number of esters is 1. The van der Waals surface area contributed by atoms with Crippen LogP contribution in [0.15, 0.2) is 11.1 Å². The van der Waals surface area contributed by atoms with Gasteiger partial charge >= 0.3 is 5.97 Å². The van der Waals surface area contributed by atoms with Crippen LogP contribution in [0.2, 0.25) is 0 Å². The Hall–Kier alpha value is -1.96. The number of aromatic amines is 2. The minimum atomic E-state index is -0.292. The molecule has 0 spiro atoms. The third-order valence-corrected chi connectivity index (χ3v) is 2.96. The highest BCUT2D eigenvalue weighted by Gasteiger charge is 2.08. The predicted octanol–water partition coefficient (Wildman–Crippen LogP) is 1.13. The number of hydrogen-bond acceptors (Lipinski definition) is 5. The van der Waals surface area contributed by atoms with Crippen LogP contribution in [0.3, 0.4) is 0 Å². The lowest BCUT2D eigenvalue weighted by Crippen LogP contribution is -2.15. The molecule has 0 saturated heterocycles. The molecule has 2 aromatic heterocycles. The van der Waals surface area contributed by atoms with Gasteiger partial charge in [0.1, 0.15) is 5.52 Å². The van der Waals surface area contributed by atoms with E-state index in [1.165, 1.54) is 6.33 Å². The van der Waals surface area contributed by atoms with E-state index < -0.39 is 0 Å². The maximum atomic E-state index is 11.6. The monoisotopic (exact) mass is 282 g/mol. The Balaban J connectivity index is 2.17. The van der Waals surface area contributed by atoms with Crippen molar-refractivity contribution in [1.82, 2.24) is 19.5 Å². The van der Waals surface area contributed by atoms with Gasteiger partial charge in [0.05, 0.1) is 12.9 Å². The summed E-state index contributed by atoms with van der Waals surface area (Å²) in [6.07, 6.45) is 2.32. The van der Waals surface area contributed by atoms with E-state index in [0.717, 1.165) is 0 Å². The summed E-state index contributed by atoms with van der Waals surface area (Å²) in [6.45, 7) is 2.64. The lowest BCUT2D eigenvalue weighted by molar-refractivity contribution is -0.143. The molecule has 0 aliphatic heterocycles. The number of nitrogens with one attached hydrogen (secondary N) is 2. The number of nitrogens with zero attached hydrogens (tertiary/aromatic N) is 2. The molecule has 102 valence electrons. The van der Waals surface area contributed by atoms with Gasteiger partial charge < -0.3 is 14.3 Å². The molecule has 0 fully saturated rings. The molecule has 0 atom stereocenters. The number of hydrogen-bond donors (Lipinski definition) is 2.